The van der Waals surface area contributed by atoms with E-state index in [2.05, 4.69) is 0 Å². The number of fused-ring (bicyclic) bond motifs is 1. The lowest BCUT2D eigenvalue weighted by Crippen LogP contribution is -2.15. The largest absolute Gasteiger partial charge is 0.492 e. The molecule has 0 unspecified atom stereocenters. The van der Waals surface area contributed by atoms with Crippen molar-refractivity contribution in [3.8, 4) is 5.75 Å². The van der Waals surface area contributed by atoms with Crippen LogP contribution in [0.4, 0.5) is 0 Å². The Kier molecular flexibility index (Phi) is 3.07. The highest BCUT2D eigenvalue weighted by Crippen LogP contribution is 2.25. The second kappa shape index (κ2) is 4.49. The van der Waals surface area contributed by atoms with Crippen LogP contribution in [-0.2, 0) is 0 Å². The van der Waals surface area contributed by atoms with Crippen LogP contribution in [0.5, 0.6) is 5.75 Å². The summed E-state index contributed by atoms with van der Waals surface area (Å²) in [5.41, 5.74) is 1.66. The minimum absolute atomic E-state index is 0.150. The van der Waals surface area contributed by atoms with Crippen LogP contribution in [0, 0.1) is 0 Å². The second-order valence-electron chi connectivity index (χ2n) is 3.33. The fourth-order valence-corrected chi connectivity index (χ4v) is 1.65. The standard InChI is InChI=1S/C12H11ClO2/c13-6-1-2-9-3-4-12-10(8-9)11(14)5-7-15-12/h1-4,8H,5-7H2. The fourth-order valence-electron chi connectivity index (χ4n) is 1.56. The lowest BCUT2D eigenvalue weighted by Gasteiger charge is -2.16. The molecule has 0 saturated carbocycles. The average Bonchev–Trinajstić information content (AvgIpc) is 2.27. The van der Waals surface area contributed by atoms with Gasteiger partial charge in [0.05, 0.1) is 12.2 Å². The van der Waals surface area contributed by atoms with Crippen LogP contribution in [0.2, 0.25) is 0 Å². The molecule has 1 aliphatic heterocycles. The first-order valence-electron chi connectivity index (χ1n) is 4.84. The van der Waals surface area contributed by atoms with Gasteiger partial charge in [0, 0.05) is 12.3 Å². The van der Waals surface area contributed by atoms with Crippen molar-refractivity contribution in [3.63, 3.8) is 0 Å². The zero-order valence-corrected chi connectivity index (χ0v) is 8.96. The average molecular weight is 223 g/mol. The summed E-state index contributed by atoms with van der Waals surface area (Å²) in [6.45, 7) is 0.489. The van der Waals surface area contributed by atoms with Crippen LogP contribution in [0.15, 0.2) is 24.3 Å². The predicted molar refractivity (Wildman–Crippen MR) is 60.6 cm³/mol. The van der Waals surface area contributed by atoms with E-state index >= 15 is 0 Å². The summed E-state index contributed by atoms with van der Waals surface area (Å²) >= 11 is 5.55. The van der Waals surface area contributed by atoms with Gasteiger partial charge in [0.15, 0.2) is 5.78 Å². The van der Waals surface area contributed by atoms with Gasteiger partial charge in [0.1, 0.15) is 5.75 Å². The van der Waals surface area contributed by atoms with Crippen molar-refractivity contribution in [3.05, 3.63) is 35.4 Å². The third kappa shape index (κ3) is 2.21. The van der Waals surface area contributed by atoms with Crippen molar-refractivity contribution in [2.24, 2.45) is 0 Å². The Morgan fingerprint density at radius 3 is 3.13 bits per heavy atom. The molecular formula is C12H11ClO2. The molecule has 0 aliphatic carbocycles. The molecule has 0 saturated heterocycles. The minimum atomic E-state index is 0.150. The van der Waals surface area contributed by atoms with Gasteiger partial charge in [-0.3, -0.25) is 4.79 Å². The van der Waals surface area contributed by atoms with E-state index in [9.17, 15) is 4.79 Å². The Hall–Kier alpha value is -1.28. The summed E-state index contributed by atoms with van der Waals surface area (Å²) in [5.74, 6) is 1.31. The predicted octanol–water partition coefficient (Wildman–Crippen LogP) is 2.90. The summed E-state index contributed by atoms with van der Waals surface area (Å²) in [4.78, 5) is 11.6. The molecule has 0 N–H and O–H groups in total. The number of alkyl halides is 1. The number of hydrogen-bond donors (Lipinski definition) is 0. The summed E-state index contributed by atoms with van der Waals surface area (Å²) < 4.78 is 5.38. The molecule has 0 bridgehead atoms. The van der Waals surface area contributed by atoms with Crippen LogP contribution in [0.3, 0.4) is 0 Å². The number of carbonyl (C=O) groups excluding carboxylic acids is 1. The van der Waals surface area contributed by atoms with Gasteiger partial charge in [-0.15, -0.1) is 11.6 Å². The Morgan fingerprint density at radius 1 is 1.47 bits per heavy atom. The monoisotopic (exact) mass is 222 g/mol. The summed E-state index contributed by atoms with van der Waals surface area (Å²) in [6.07, 6.45) is 4.21. The van der Waals surface area contributed by atoms with E-state index in [1.807, 2.05) is 30.4 Å². The Labute approximate surface area is 93.5 Å². The van der Waals surface area contributed by atoms with Crippen molar-refractivity contribution in [1.29, 1.82) is 0 Å². The van der Waals surface area contributed by atoms with E-state index < -0.39 is 0 Å². The van der Waals surface area contributed by atoms with E-state index in [1.54, 1.807) is 0 Å². The molecule has 1 aromatic carbocycles. The number of benzene rings is 1. The summed E-state index contributed by atoms with van der Waals surface area (Å²) in [5, 5.41) is 0. The lowest BCUT2D eigenvalue weighted by molar-refractivity contribution is 0.0933. The smallest absolute Gasteiger partial charge is 0.170 e. The molecule has 0 fully saturated rings. The van der Waals surface area contributed by atoms with Crippen LogP contribution in [0.25, 0.3) is 6.08 Å². The van der Waals surface area contributed by atoms with Gasteiger partial charge < -0.3 is 4.74 Å². The molecule has 0 atom stereocenters. The van der Waals surface area contributed by atoms with Gasteiger partial charge in [0.2, 0.25) is 0 Å². The van der Waals surface area contributed by atoms with Crippen molar-refractivity contribution in [2.45, 2.75) is 6.42 Å². The number of carbonyl (C=O) groups is 1. The number of hydrogen-bond acceptors (Lipinski definition) is 2. The first kappa shape index (κ1) is 10.2. The minimum Gasteiger partial charge on any atom is -0.492 e. The molecule has 3 heteroatoms. The van der Waals surface area contributed by atoms with E-state index in [4.69, 9.17) is 16.3 Å². The maximum atomic E-state index is 11.6. The molecule has 78 valence electrons. The molecule has 0 aromatic heterocycles. The SMILES string of the molecule is O=C1CCOc2ccc(C=CCCl)cc21. The zero-order chi connectivity index (χ0) is 10.7. The number of Topliss-reactive ketones (excluding diaryl/α,β-unsaturated/α-hetero) is 1. The molecule has 0 radical (unpaired) electrons. The third-order valence-corrected chi connectivity index (χ3v) is 2.47. The molecule has 2 nitrogen and oxygen atoms in total. The highest BCUT2D eigenvalue weighted by Gasteiger charge is 2.17. The van der Waals surface area contributed by atoms with Gasteiger partial charge in [0.25, 0.3) is 0 Å². The van der Waals surface area contributed by atoms with Gasteiger partial charge >= 0.3 is 0 Å². The summed E-state index contributed by atoms with van der Waals surface area (Å²) in [6, 6.07) is 5.60. The molecule has 0 amide bonds. The highest BCUT2D eigenvalue weighted by atomic mass is 35.5. The molecule has 2 rings (SSSR count). The lowest BCUT2D eigenvalue weighted by atomic mass is 10.0. The van der Waals surface area contributed by atoms with Gasteiger partial charge in [-0.05, 0) is 17.7 Å². The van der Waals surface area contributed by atoms with Crippen LogP contribution in [-0.4, -0.2) is 18.3 Å². The van der Waals surface area contributed by atoms with E-state index in [0.29, 0.717) is 30.2 Å². The van der Waals surface area contributed by atoms with E-state index in [-0.39, 0.29) is 5.78 Å². The van der Waals surface area contributed by atoms with E-state index in [0.717, 1.165) is 5.56 Å². The Balaban J connectivity index is 2.35. The Bertz CT molecular complexity index is 410. The topological polar surface area (TPSA) is 26.3 Å². The number of rotatable bonds is 2. The van der Waals surface area contributed by atoms with Crippen LogP contribution < -0.4 is 4.74 Å². The second-order valence-corrected chi connectivity index (χ2v) is 3.64. The maximum Gasteiger partial charge on any atom is 0.170 e. The normalized spacial score (nSPS) is 15.1. The van der Waals surface area contributed by atoms with E-state index in [1.165, 1.54) is 0 Å². The number of ether oxygens (including phenoxy) is 1. The maximum absolute atomic E-state index is 11.6. The highest BCUT2D eigenvalue weighted by molar-refractivity contribution is 6.19. The summed E-state index contributed by atoms with van der Waals surface area (Å²) in [7, 11) is 0. The number of allylic oxidation sites excluding steroid dienone is 1. The molecule has 0 spiro atoms. The zero-order valence-electron chi connectivity index (χ0n) is 8.20. The molecule has 1 aromatic rings. The van der Waals surface area contributed by atoms with Crippen LogP contribution in [0.1, 0.15) is 22.3 Å². The third-order valence-electron chi connectivity index (χ3n) is 2.29. The molecule has 15 heavy (non-hydrogen) atoms. The van der Waals surface area contributed by atoms with Gasteiger partial charge in [-0.2, -0.15) is 0 Å². The Morgan fingerprint density at radius 2 is 2.33 bits per heavy atom. The number of halogens is 1. The van der Waals surface area contributed by atoms with Crippen molar-refractivity contribution >= 4 is 23.5 Å². The van der Waals surface area contributed by atoms with Crippen LogP contribution >= 0.6 is 11.6 Å². The number of ketones is 1. The fraction of sp³-hybridized carbons (Fsp3) is 0.250. The van der Waals surface area contributed by atoms with Gasteiger partial charge in [-0.25, -0.2) is 0 Å². The van der Waals surface area contributed by atoms with Crippen molar-refractivity contribution in [1.82, 2.24) is 0 Å². The van der Waals surface area contributed by atoms with Crippen molar-refractivity contribution < 1.29 is 9.53 Å². The van der Waals surface area contributed by atoms with Gasteiger partial charge in [-0.1, -0.05) is 18.2 Å². The quantitative estimate of drug-likeness (QED) is 0.720. The first-order valence-corrected chi connectivity index (χ1v) is 5.37. The molecular weight excluding hydrogens is 212 g/mol. The van der Waals surface area contributed by atoms with Crippen molar-refractivity contribution in [2.75, 3.05) is 12.5 Å². The first-order chi connectivity index (χ1) is 7.31. The molecule has 1 heterocycles. The molecule has 1 aliphatic rings.